The molecule has 21 heavy (non-hydrogen) atoms. The zero-order chi connectivity index (χ0) is 14.8. The monoisotopic (exact) mass is 317 g/mol. The van der Waals surface area contributed by atoms with Gasteiger partial charge >= 0.3 is 0 Å². The van der Waals surface area contributed by atoms with Crippen molar-refractivity contribution in [1.82, 2.24) is 15.1 Å². The molecule has 0 aliphatic carbocycles. The standard InChI is InChI=1S/C15H12ClN3OS/c1-19(15(20)10-6-7-17-18-8-10)9-13-14(16)11-4-2-3-5-12(11)21-13/h2-8H,9H2,1H3. The van der Waals surface area contributed by atoms with Crippen LogP contribution >= 0.6 is 22.9 Å². The van der Waals surface area contributed by atoms with Gasteiger partial charge in [-0.05, 0) is 12.1 Å². The summed E-state index contributed by atoms with van der Waals surface area (Å²) in [5.74, 6) is -0.0987. The summed E-state index contributed by atoms with van der Waals surface area (Å²) in [6.45, 7) is 0.472. The fourth-order valence-electron chi connectivity index (χ4n) is 2.09. The molecule has 2 heterocycles. The first-order valence-electron chi connectivity index (χ1n) is 6.35. The maximum Gasteiger partial charge on any atom is 0.255 e. The number of nitrogens with zero attached hydrogens (tertiary/aromatic N) is 3. The summed E-state index contributed by atoms with van der Waals surface area (Å²) in [6.07, 6.45) is 2.97. The van der Waals surface area contributed by atoms with E-state index in [0.29, 0.717) is 12.1 Å². The number of thiophene rings is 1. The smallest absolute Gasteiger partial charge is 0.255 e. The number of hydrogen-bond acceptors (Lipinski definition) is 4. The maximum atomic E-state index is 12.3. The van der Waals surface area contributed by atoms with Crippen molar-refractivity contribution >= 4 is 38.9 Å². The number of rotatable bonds is 3. The van der Waals surface area contributed by atoms with Crippen molar-refractivity contribution in [3.8, 4) is 0 Å². The summed E-state index contributed by atoms with van der Waals surface area (Å²) in [4.78, 5) is 14.9. The molecule has 106 valence electrons. The van der Waals surface area contributed by atoms with Gasteiger partial charge in [0.25, 0.3) is 5.91 Å². The van der Waals surface area contributed by atoms with Crippen molar-refractivity contribution in [3.05, 3.63) is 58.2 Å². The molecule has 6 heteroatoms. The first kappa shape index (κ1) is 14.0. The number of fused-ring (bicyclic) bond motifs is 1. The van der Waals surface area contributed by atoms with Gasteiger partial charge in [0.15, 0.2) is 0 Å². The Kier molecular flexibility index (Phi) is 3.86. The zero-order valence-corrected chi connectivity index (χ0v) is 12.9. The topological polar surface area (TPSA) is 46.1 Å². The molecule has 0 radical (unpaired) electrons. The fourth-order valence-corrected chi connectivity index (χ4v) is 3.64. The van der Waals surface area contributed by atoms with E-state index in [-0.39, 0.29) is 5.91 Å². The third-order valence-electron chi connectivity index (χ3n) is 3.16. The summed E-state index contributed by atoms with van der Waals surface area (Å²) >= 11 is 8.01. The van der Waals surface area contributed by atoms with Crippen molar-refractivity contribution in [3.63, 3.8) is 0 Å². The van der Waals surface area contributed by atoms with Crippen LogP contribution in [0.2, 0.25) is 5.02 Å². The molecule has 1 aromatic carbocycles. The van der Waals surface area contributed by atoms with E-state index < -0.39 is 0 Å². The molecule has 3 rings (SSSR count). The second-order valence-corrected chi connectivity index (χ2v) is 6.14. The molecule has 0 aliphatic rings. The van der Waals surface area contributed by atoms with Gasteiger partial charge in [0.2, 0.25) is 0 Å². The quantitative estimate of drug-likeness (QED) is 0.741. The molecule has 1 amide bonds. The van der Waals surface area contributed by atoms with Crippen LogP contribution in [0.3, 0.4) is 0 Å². The summed E-state index contributed by atoms with van der Waals surface area (Å²) in [6, 6.07) is 9.62. The maximum absolute atomic E-state index is 12.3. The van der Waals surface area contributed by atoms with Crippen LogP contribution in [0.15, 0.2) is 42.7 Å². The Morgan fingerprint density at radius 2 is 2.10 bits per heavy atom. The summed E-state index contributed by atoms with van der Waals surface area (Å²) in [5, 5.41) is 9.16. The van der Waals surface area contributed by atoms with Gasteiger partial charge < -0.3 is 4.90 Å². The predicted octanol–water partition coefficient (Wildman–Crippen LogP) is 3.62. The van der Waals surface area contributed by atoms with Gasteiger partial charge in [-0.1, -0.05) is 29.8 Å². The largest absolute Gasteiger partial charge is 0.336 e. The van der Waals surface area contributed by atoms with Crippen LogP contribution in [0.1, 0.15) is 15.2 Å². The molecule has 0 saturated carbocycles. The predicted molar refractivity (Wildman–Crippen MR) is 84.7 cm³/mol. The first-order valence-corrected chi connectivity index (χ1v) is 7.54. The van der Waals surface area contributed by atoms with Crippen LogP contribution in [0.5, 0.6) is 0 Å². The number of halogens is 1. The molecule has 4 nitrogen and oxygen atoms in total. The molecule has 0 saturated heterocycles. The number of amides is 1. The van der Waals surface area contributed by atoms with E-state index in [1.807, 2.05) is 24.3 Å². The Bertz CT molecular complexity index is 788. The molecule has 0 spiro atoms. The van der Waals surface area contributed by atoms with Crippen molar-refractivity contribution in [2.24, 2.45) is 0 Å². The third-order valence-corrected chi connectivity index (χ3v) is 4.86. The minimum absolute atomic E-state index is 0.0987. The Balaban J connectivity index is 1.85. The van der Waals surface area contributed by atoms with Crippen molar-refractivity contribution in [2.75, 3.05) is 7.05 Å². The number of aromatic nitrogens is 2. The molecule has 0 unspecified atom stereocenters. The van der Waals surface area contributed by atoms with E-state index in [1.54, 1.807) is 29.4 Å². The van der Waals surface area contributed by atoms with Gasteiger partial charge in [-0.3, -0.25) is 4.79 Å². The zero-order valence-electron chi connectivity index (χ0n) is 11.3. The third kappa shape index (κ3) is 2.75. The van der Waals surface area contributed by atoms with Gasteiger partial charge in [-0.2, -0.15) is 10.2 Å². The summed E-state index contributed by atoms with van der Waals surface area (Å²) in [7, 11) is 1.75. The van der Waals surface area contributed by atoms with Crippen LogP contribution in [0.4, 0.5) is 0 Å². The molecule has 0 atom stereocenters. The highest BCUT2D eigenvalue weighted by Crippen LogP contribution is 2.35. The second kappa shape index (κ2) is 5.79. The Morgan fingerprint density at radius 1 is 1.29 bits per heavy atom. The molecular formula is C15H12ClN3OS. The van der Waals surface area contributed by atoms with Crippen molar-refractivity contribution in [1.29, 1.82) is 0 Å². The highest BCUT2D eigenvalue weighted by Gasteiger charge is 2.16. The Labute approximate surface area is 131 Å². The number of hydrogen-bond donors (Lipinski definition) is 0. The lowest BCUT2D eigenvalue weighted by molar-refractivity contribution is 0.0786. The highest BCUT2D eigenvalue weighted by molar-refractivity contribution is 7.19. The van der Waals surface area contributed by atoms with Crippen LogP contribution < -0.4 is 0 Å². The van der Waals surface area contributed by atoms with Gasteiger partial charge in [0.1, 0.15) is 0 Å². The molecule has 3 aromatic rings. The lowest BCUT2D eigenvalue weighted by atomic mass is 10.2. The van der Waals surface area contributed by atoms with E-state index in [4.69, 9.17) is 11.6 Å². The molecule has 0 fully saturated rings. The first-order chi connectivity index (χ1) is 10.2. The number of benzene rings is 1. The molecular weight excluding hydrogens is 306 g/mol. The Morgan fingerprint density at radius 3 is 2.81 bits per heavy atom. The lowest BCUT2D eigenvalue weighted by Crippen LogP contribution is -2.26. The number of carbonyl (C=O) groups is 1. The molecule has 2 aromatic heterocycles. The van der Waals surface area contributed by atoms with Crippen molar-refractivity contribution in [2.45, 2.75) is 6.54 Å². The van der Waals surface area contributed by atoms with Crippen LogP contribution in [0.25, 0.3) is 10.1 Å². The van der Waals surface area contributed by atoms with Gasteiger partial charge in [-0.15, -0.1) is 11.3 Å². The SMILES string of the molecule is CN(Cc1sc2ccccc2c1Cl)C(=O)c1ccnnc1. The van der Waals surface area contributed by atoms with Gasteiger partial charge in [0.05, 0.1) is 29.5 Å². The molecule has 0 bridgehead atoms. The van der Waals surface area contributed by atoms with E-state index >= 15 is 0 Å². The normalized spacial score (nSPS) is 10.8. The van der Waals surface area contributed by atoms with Crippen LogP contribution in [0, 0.1) is 0 Å². The minimum Gasteiger partial charge on any atom is -0.336 e. The minimum atomic E-state index is -0.0987. The lowest BCUT2D eigenvalue weighted by Gasteiger charge is -2.16. The number of carbonyl (C=O) groups excluding carboxylic acids is 1. The average Bonchev–Trinajstić information content (AvgIpc) is 2.84. The molecule has 0 aliphatic heterocycles. The molecule has 0 N–H and O–H groups in total. The average molecular weight is 318 g/mol. The fraction of sp³-hybridized carbons (Fsp3) is 0.133. The van der Waals surface area contributed by atoms with Gasteiger partial charge in [0, 0.05) is 22.0 Å². The van der Waals surface area contributed by atoms with Crippen molar-refractivity contribution < 1.29 is 4.79 Å². The highest BCUT2D eigenvalue weighted by atomic mass is 35.5. The van der Waals surface area contributed by atoms with E-state index in [2.05, 4.69) is 10.2 Å². The van der Waals surface area contributed by atoms with Crippen LogP contribution in [-0.4, -0.2) is 28.1 Å². The van der Waals surface area contributed by atoms with Crippen LogP contribution in [-0.2, 0) is 6.54 Å². The summed E-state index contributed by atoms with van der Waals surface area (Å²) in [5.41, 5.74) is 0.518. The summed E-state index contributed by atoms with van der Waals surface area (Å²) < 4.78 is 1.13. The van der Waals surface area contributed by atoms with E-state index in [1.165, 1.54) is 12.4 Å². The van der Waals surface area contributed by atoms with Gasteiger partial charge in [-0.25, -0.2) is 0 Å². The second-order valence-electron chi connectivity index (χ2n) is 4.63. The Hall–Kier alpha value is -1.98. The van der Waals surface area contributed by atoms with E-state index in [9.17, 15) is 4.79 Å². The van der Waals surface area contributed by atoms with E-state index in [0.717, 1.165) is 20.0 Å².